The minimum absolute atomic E-state index is 0. The summed E-state index contributed by atoms with van der Waals surface area (Å²) >= 11 is 0. The molecule has 0 amide bonds. The first-order valence-corrected chi connectivity index (χ1v) is 2.83. The van der Waals surface area contributed by atoms with E-state index in [1.807, 2.05) is 0 Å². The second kappa shape index (κ2) is 16.3. The van der Waals surface area contributed by atoms with Gasteiger partial charge in [-0.25, -0.2) is 0 Å². The van der Waals surface area contributed by atoms with E-state index in [0.717, 1.165) is 0 Å². The summed E-state index contributed by atoms with van der Waals surface area (Å²) in [7, 11) is 0. The minimum Gasteiger partial charge on any atom is -1.00 e. The molecule has 0 radical (unpaired) electrons. The summed E-state index contributed by atoms with van der Waals surface area (Å²) in [5, 5.41) is 0. The largest absolute Gasteiger partial charge is 4.00 e. The Morgan fingerprint density at radius 1 is 0.692 bits per heavy atom. The van der Waals surface area contributed by atoms with Crippen LogP contribution in [-0.4, -0.2) is 0 Å². The van der Waals surface area contributed by atoms with E-state index in [1.165, 1.54) is 11.1 Å². The van der Waals surface area contributed by atoms with E-state index in [4.69, 9.17) is 0 Å². The van der Waals surface area contributed by atoms with Crippen LogP contribution in [0.3, 0.4) is 0 Å². The molecule has 0 nitrogen and oxygen atoms in total. The van der Waals surface area contributed by atoms with Crippen molar-refractivity contribution in [3.05, 3.63) is 35.4 Å². The normalized spacial score (nSPS) is 5.69. The summed E-state index contributed by atoms with van der Waals surface area (Å²) in [5.41, 5.74) is 2.74. The molecule has 74 valence electrons. The molecule has 0 N–H and O–H groups in total. The molecule has 0 saturated heterocycles. The summed E-state index contributed by atoms with van der Waals surface area (Å²) in [6.45, 7) is 4.24. The Labute approximate surface area is 137 Å². The molecular weight excluding hydrogens is 464 g/mol. The van der Waals surface area contributed by atoms with Crippen LogP contribution in [0, 0.1) is 13.8 Å². The van der Waals surface area contributed by atoms with Gasteiger partial charge in [0.25, 0.3) is 0 Å². The second-order valence-corrected chi connectivity index (χ2v) is 2.08. The van der Waals surface area contributed by atoms with Crippen molar-refractivity contribution in [2.45, 2.75) is 13.8 Å². The summed E-state index contributed by atoms with van der Waals surface area (Å²) < 4.78 is 0. The molecule has 5 heteroatoms. The van der Waals surface area contributed by atoms with Gasteiger partial charge in [-0.05, 0) is 25.0 Å². The number of hydrogen-bond acceptors (Lipinski definition) is 0. The molecule has 13 heavy (non-hydrogen) atoms. The van der Waals surface area contributed by atoms with Gasteiger partial charge in [0.1, 0.15) is 0 Å². The third kappa shape index (κ3) is 11.8. The van der Waals surface area contributed by atoms with Crippen molar-refractivity contribution in [3.8, 4) is 0 Å². The predicted molar refractivity (Wildman–Crippen MR) is 35.9 cm³/mol. The van der Waals surface area contributed by atoms with E-state index < -0.39 is 0 Å². The Morgan fingerprint density at radius 2 is 0.923 bits per heavy atom. The molecule has 1 aromatic rings. The van der Waals surface area contributed by atoms with Crippen LogP contribution in [0.15, 0.2) is 24.3 Å². The summed E-state index contributed by atoms with van der Waals surface area (Å²) in [6.07, 6.45) is 0. The number of benzene rings is 1. The molecule has 0 aromatic heterocycles. The maximum Gasteiger partial charge on any atom is 4.00 e. The molecule has 0 saturated carbocycles. The SMILES string of the molecule is Cc1ccccc1C.[Br-].[Br-].[Br-].[Br-].[Ti+4]. The smallest absolute Gasteiger partial charge is 1.00 e. The fraction of sp³-hybridized carbons (Fsp3) is 0.250. The van der Waals surface area contributed by atoms with Crippen LogP contribution >= 0.6 is 0 Å². The molecular formula is C8H10Br4Ti. The molecule has 0 heterocycles. The molecule has 0 unspecified atom stereocenters. The molecule has 1 rings (SSSR count). The number of aryl methyl sites for hydroxylation is 2. The molecule has 0 fully saturated rings. The van der Waals surface area contributed by atoms with Crippen LogP contribution in [0.2, 0.25) is 0 Å². The Kier molecular flexibility index (Phi) is 36.8. The van der Waals surface area contributed by atoms with E-state index >= 15 is 0 Å². The summed E-state index contributed by atoms with van der Waals surface area (Å²) in [6, 6.07) is 8.36. The van der Waals surface area contributed by atoms with Crippen LogP contribution in [0.4, 0.5) is 0 Å². The maximum atomic E-state index is 2.12. The average Bonchev–Trinajstić information content (AvgIpc) is 1.77. The van der Waals surface area contributed by atoms with Crippen molar-refractivity contribution < 1.29 is 89.6 Å². The molecule has 0 aliphatic heterocycles. The first-order chi connectivity index (χ1) is 3.80. The Balaban J connectivity index is -0.0000000427. The van der Waals surface area contributed by atoms with Gasteiger partial charge in [0.15, 0.2) is 0 Å². The topological polar surface area (TPSA) is 0 Å². The third-order valence-electron chi connectivity index (χ3n) is 1.43. The molecule has 0 bridgehead atoms. The Hall–Kier alpha value is 1.85. The van der Waals surface area contributed by atoms with Crippen LogP contribution in [-0.2, 0) is 21.7 Å². The van der Waals surface area contributed by atoms with Crippen molar-refractivity contribution in [1.29, 1.82) is 0 Å². The van der Waals surface area contributed by atoms with Gasteiger partial charge in [-0.15, -0.1) is 0 Å². The van der Waals surface area contributed by atoms with Crippen LogP contribution in [0.1, 0.15) is 11.1 Å². The van der Waals surface area contributed by atoms with E-state index in [1.54, 1.807) is 0 Å². The second-order valence-electron chi connectivity index (χ2n) is 2.08. The van der Waals surface area contributed by atoms with Gasteiger partial charge in [0.2, 0.25) is 0 Å². The van der Waals surface area contributed by atoms with Gasteiger partial charge < -0.3 is 67.9 Å². The van der Waals surface area contributed by atoms with E-state index in [2.05, 4.69) is 38.1 Å². The number of halogens is 4. The molecule has 0 atom stereocenters. The zero-order chi connectivity index (χ0) is 5.98. The van der Waals surface area contributed by atoms with Gasteiger partial charge in [-0.3, -0.25) is 0 Å². The molecule has 0 aliphatic rings. The molecule has 0 aliphatic carbocycles. The molecule has 0 spiro atoms. The molecule has 1 aromatic carbocycles. The van der Waals surface area contributed by atoms with Gasteiger partial charge in [0, 0.05) is 0 Å². The fourth-order valence-electron chi connectivity index (χ4n) is 0.663. The number of hydrogen-bond donors (Lipinski definition) is 0. The fourth-order valence-corrected chi connectivity index (χ4v) is 0.663. The zero-order valence-corrected chi connectivity index (χ0v) is 15.2. The van der Waals surface area contributed by atoms with Crippen LogP contribution in [0.5, 0.6) is 0 Å². The number of rotatable bonds is 0. The third-order valence-corrected chi connectivity index (χ3v) is 1.43. The van der Waals surface area contributed by atoms with E-state index in [0.29, 0.717) is 0 Å². The first kappa shape index (κ1) is 29.4. The quantitative estimate of drug-likeness (QED) is 0.329. The van der Waals surface area contributed by atoms with Gasteiger partial charge in [0.05, 0.1) is 0 Å². The van der Waals surface area contributed by atoms with Crippen molar-refractivity contribution in [1.82, 2.24) is 0 Å². The standard InChI is InChI=1S/C8H10.4BrH.Ti/c1-7-5-3-4-6-8(7)2;;;;;/h3-6H,1-2H3;4*1H;/q;;;;;+4/p-4. The van der Waals surface area contributed by atoms with Crippen molar-refractivity contribution in [2.75, 3.05) is 0 Å². The Bertz CT molecular complexity index is 172. The van der Waals surface area contributed by atoms with Crippen LogP contribution < -0.4 is 67.9 Å². The van der Waals surface area contributed by atoms with Crippen molar-refractivity contribution in [3.63, 3.8) is 0 Å². The zero-order valence-electron chi connectivity index (χ0n) is 7.32. The maximum absolute atomic E-state index is 2.12. The predicted octanol–water partition coefficient (Wildman–Crippen LogP) is -9.68. The van der Waals surface area contributed by atoms with Crippen molar-refractivity contribution in [2.24, 2.45) is 0 Å². The monoisotopic (exact) mass is 470 g/mol. The van der Waals surface area contributed by atoms with Gasteiger partial charge in [-0.1, -0.05) is 24.3 Å². The minimum atomic E-state index is 0. The summed E-state index contributed by atoms with van der Waals surface area (Å²) in [4.78, 5) is 0. The van der Waals surface area contributed by atoms with E-state index in [9.17, 15) is 0 Å². The average molecular weight is 474 g/mol. The van der Waals surface area contributed by atoms with E-state index in [-0.39, 0.29) is 89.6 Å². The Morgan fingerprint density at radius 3 is 1.08 bits per heavy atom. The van der Waals surface area contributed by atoms with Gasteiger partial charge in [-0.2, -0.15) is 0 Å². The first-order valence-electron chi connectivity index (χ1n) is 2.83. The van der Waals surface area contributed by atoms with Gasteiger partial charge >= 0.3 is 21.7 Å². The summed E-state index contributed by atoms with van der Waals surface area (Å²) in [5.74, 6) is 0. The van der Waals surface area contributed by atoms with Crippen LogP contribution in [0.25, 0.3) is 0 Å². The van der Waals surface area contributed by atoms with Crippen molar-refractivity contribution >= 4 is 0 Å².